The number of amides is 1. The molecule has 1 aliphatic rings. The Balaban J connectivity index is 2.30. The van der Waals surface area contributed by atoms with Gasteiger partial charge in [-0.2, -0.15) is 13.8 Å². The highest BCUT2D eigenvalue weighted by Gasteiger charge is 2.59. The molecule has 1 amide bonds. The van der Waals surface area contributed by atoms with Gasteiger partial charge in [-0.1, -0.05) is 0 Å². The van der Waals surface area contributed by atoms with Gasteiger partial charge in [-0.25, -0.2) is 9.59 Å². The third kappa shape index (κ3) is 2.77. The second-order valence-electron chi connectivity index (χ2n) is 4.45. The minimum Gasteiger partial charge on any atom is -0.453 e. The number of aliphatic hydroxyl groups is 2. The average Bonchev–Trinajstić information content (AvgIpc) is 2.70. The topological polar surface area (TPSA) is 123 Å². The SMILES string of the molecule is COC(=O)Nc1ccn([C@@H]2O[C@H](CO)[C@H](O)C2(F)F)c(=O)n1. The van der Waals surface area contributed by atoms with Gasteiger partial charge in [-0.15, -0.1) is 0 Å². The molecule has 9 nitrogen and oxygen atoms in total. The molecule has 0 saturated carbocycles. The summed E-state index contributed by atoms with van der Waals surface area (Å²) in [7, 11) is 1.10. The third-order valence-corrected chi connectivity index (χ3v) is 3.06. The Labute approximate surface area is 122 Å². The van der Waals surface area contributed by atoms with Crippen LogP contribution < -0.4 is 11.0 Å². The molecule has 0 bridgehead atoms. The van der Waals surface area contributed by atoms with Crippen molar-refractivity contribution in [2.75, 3.05) is 19.0 Å². The number of halogens is 2. The van der Waals surface area contributed by atoms with Crippen molar-refractivity contribution in [2.45, 2.75) is 24.4 Å². The molecule has 1 fully saturated rings. The zero-order valence-corrected chi connectivity index (χ0v) is 11.3. The summed E-state index contributed by atoms with van der Waals surface area (Å²) in [6, 6.07) is 1.08. The molecule has 2 rings (SSSR count). The molecule has 0 unspecified atom stereocenters. The Morgan fingerprint density at radius 3 is 2.82 bits per heavy atom. The van der Waals surface area contributed by atoms with Gasteiger partial charge in [0.2, 0.25) is 6.23 Å². The van der Waals surface area contributed by atoms with Gasteiger partial charge in [0.25, 0.3) is 0 Å². The lowest BCUT2D eigenvalue weighted by Gasteiger charge is -2.21. The highest BCUT2D eigenvalue weighted by molar-refractivity contribution is 5.82. The minimum atomic E-state index is -3.80. The molecule has 1 saturated heterocycles. The van der Waals surface area contributed by atoms with E-state index in [4.69, 9.17) is 9.84 Å². The number of methoxy groups -OCH3 is 1. The first-order valence-electron chi connectivity index (χ1n) is 6.07. The van der Waals surface area contributed by atoms with Gasteiger partial charge >= 0.3 is 17.7 Å². The number of rotatable bonds is 3. The molecular formula is C11H13F2N3O6. The predicted molar refractivity (Wildman–Crippen MR) is 66.5 cm³/mol. The summed E-state index contributed by atoms with van der Waals surface area (Å²) in [4.78, 5) is 26.1. The fourth-order valence-corrected chi connectivity index (χ4v) is 1.93. The maximum atomic E-state index is 13.9. The summed E-state index contributed by atoms with van der Waals surface area (Å²) in [5, 5.41) is 20.4. The highest BCUT2D eigenvalue weighted by atomic mass is 19.3. The van der Waals surface area contributed by atoms with Crippen molar-refractivity contribution in [3.63, 3.8) is 0 Å². The summed E-state index contributed by atoms with van der Waals surface area (Å²) >= 11 is 0. The number of carbonyl (C=O) groups is 1. The van der Waals surface area contributed by atoms with Crippen molar-refractivity contribution in [3.05, 3.63) is 22.7 Å². The molecule has 11 heteroatoms. The van der Waals surface area contributed by atoms with E-state index in [0.29, 0.717) is 4.57 Å². The zero-order valence-electron chi connectivity index (χ0n) is 11.3. The Bertz CT molecular complexity index is 622. The highest BCUT2D eigenvalue weighted by Crippen LogP contribution is 2.41. The van der Waals surface area contributed by atoms with E-state index < -0.39 is 42.7 Å². The largest absolute Gasteiger partial charge is 0.453 e. The van der Waals surface area contributed by atoms with E-state index in [9.17, 15) is 23.5 Å². The van der Waals surface area contributed by atoms with E-state index in [2.05, 4.69) is 15.0 Å². The van der Waals surface area contributed by atoms with Crippen molar-refractivity contribution in [1.82, 2.24) is 9.55 Å². The van der Waals surface area contributed by atoms with E-state index >= 15 is 0 Å². The van der Waals surface area contributed by atoms with Gasteiger partial charge in [-0.05, 0) is 6.07 Å². The molecule has 0 aliphatic carbocycles. The van der Waals surface area contributed by atoms with Crippen LogP contribution in [0.5, 0.6) is 0 Å². The van der Waals surface area contributed by atoms with Gasteiger partial charge in [0.05, 0.1) is 13.7 Å². The number of nitrogens with zero attached hydrogens (tertiary/aromatic N) is 2. The average molecular weight is 321 g/mol. The molecule has 2 heterocycles. The number of ether oxygens (including phenoxy) is 2. The first-order valence-corrected chi connectivity index (χ1v) is 6.07. The van der Waals surface area contributed by atoms with Gasteiger partial charge in [0.15, 0.2) is 6.10 Å². The summed E-state index contributed by atoms with van der Waals surface area (Å²) in [6.45, 7) is -0.836. The van der Waals surface area contributed by atoms with Crippen LogP contribution in [-0.2, 0) is 9.47 Å². The minimum absolute atomic E-state index is 0.200. The van der Waals surface area contributed by atoms with Crippen LogP contribution in [0.3, 0.4) is 0 Å². The van der Waals surface area contributed by atoms with E-state index in [1.54, 1.807) is 0 Å². The maximum Gasteiger partial charge on any atom is 0.412 e. The van der Waals surface area contributed by atoms with Crippen molar-refractivity contribution in [3.8, 4) is 0 Å². The molecule has 0 spiro atoms. The number of nitrogens with one attached hydrogen (secondary N) is 1. The molecule has 1 aromatic heterocycles. The van der Waals surface area contributed by atoms with Crippen LogP contribution in [0, 0.1) is 0 Å². The van der Waals surface area contributed by atoms with E-state index in [1.165, 1.54) is 0 Å². The molecule has 0 aromatic carbocycles. The number of aromatic nitrogens is 2. The van der Waals surface area contributed by atoms with Crippen LogP contribution in [0.2, 0.25) is 0 Å². The van der Waals surface area contributed by atoms with Gasteiger partial charge in [0, 0.05) is 6.20 Å². The van der Waals surface area contributed by atoms with E-state index in [-0.39, 0.29) is 5.82 Å². The summed E-state index contributed by atoms with van der Waals surface area (Å²) in [5.74, 6) is -4.00. The van der Waals surface area contributed by atoms with E-state index in [0.717, 1.165) is 19.4 Å². The summed E-state index contributed by atoms with van der Waals surface area (Å²) < 4.78 is 37.4. The monoisotopic (exact) mass is 321 g/mol. The van der Waals surface area contributed by atoms with Crippen LogP contribution in [-0.4, -0.2) is 57.7 Å². The molecule has 122 valence electrons. The zero-order chi connectivity index (χ0) is 16.5. The molecule has 1 aliphatic heterocycles. The first kappa shape index (κ1) is 16.3. The second-order valence-corrected chi connectivity index (χ2v) is 4.45. The quantitative estimate of drug-likeness (QED) is 0.673. The van der Waals surface area contributed by atoms with Crippen LogP contribution >= 0.6 is 0 Å². The molecule has 22 heavy (non-hydrogen) atoms. The van der Waals surface area contributed by atoms with Crippen molar-refractivity contribution >= 4 is 11.9 Å². The Morgan fingerprint density at radius 1 is 1.64 bits per heavy atom. The smallest absolute Gasteiger partial charge is 0.412 e. The molecule has 3 N–H and O–H groups in total. The van der Waals surface area contributed by atoms with E-state index in [1.807, 2.05) is 0 Å². The summed E-state index contributed by atoms with van der Waals surface area (Å²) in [5.41, 5.74) is -1.13. The normalized spacial score (nSPS) is 26.7. The fourth-order valence-electron chi connectivity index (χ4n) is 1.93. The number of aliphatic hydroxyl groups excluding tert-OH is 2. The fraction of sp³-hybridized carbons (Fsp3) is 0.545. The number of hydrogen-bond acceptors (Lipinski definition) is 7. The van der Waals surface area contributed by atoms with Crippen LogP contribution in [0.15, 0.2) is 17.1 Å². The van der Waals surface area contributed by atoms with Crippen molar-refractivity contribution in [2.24, 2.45) is 0 Å². The third-order valence-electron chi connectivity index (χ3n) is 3.06. The van der Waals surface area contributed by atoms with Crippen molar-refractivity contribution < 1.29 is 33.3 Å². The van der Waals surface area contributed by atoms with Gasteiger partial charge in [0.1, 0.15) is 11.9 Å². The number of carbonyl (C=O) groups excluding carboxylic acids is 1. The summed E-state index contributed by atoms with van der Waals surface area (Å²) in [6.07, 6.45) is -5.87. The van der Waals surface area contributed by atoms with Crippen LogP contribution in [0.4, 0.5) is 19.4 Å². The Morgan fingerprint density at radius 2 is 2.32 bits per heavy atom. The van der Waals surface area contributed by atoms with Gasteiger partial charge < -0.3 is 19.7 Å². The second kappa shape index (κ2) is 5.94. The first-order chi connectivity index (χ1) is 10.3. The Hall–Kier alpha value is -2.11. The molecule has 0 radical (unpaired) electrons. The molecular weight excluding hydrogens is 308 g/mol. The van der Waals surface area contributed by atoms with Crippen LogP contribution in [0.1, 0.15) is 6.23 Å². The Kier molecular flexibility index (Phi) is 4.39. The lowest BCUT2D eigenvalue weighted by molar-refractivity contribution is -0.140. The number of alkyl halides is 2. The predicted octanol–water partition coefficient (Wildman–Crippen LogP) is -0.693. The molecule has 3 atom stereocenters. The van der Waals surface area contributed by atoms with Crippen LogP contribution in [0.25, 0.3) is 0 Å². The van der Waals surface area contributed by atoms with Gasteiger partial charge in [-0.3, -0.25) is 9.88 Å². The molecule has 1 aromatic rings. The lowest BCUT2D eigenvalue weighted by Crippen LogP contribution is -2.41. The lowest BCUT2D eigenvalue weighted by atomic mass is 10.1. The number of hydrogen-bond donors (Lipinski definition) is 3. The standard InChI is InChI=1S/C11H13F2N3O6/c1-21-10(20)15-6-2-3-16(9(19)14-6)8-11(12,13)7(18)5(4-17)22-8/h2-3,5,7-8,17-18H,4H2,1H3,(H,14,15,19,20)/t5-,7+,8-/m1/s1. The van der Waals surface area contributed by atoms with Crippen molar-refractivity contribution in [1.29, 1.82) is 0 Å². The maximum absolute atomic E-state index is 13.9. The number of anilines is 1.